The predicted molar refractivity (Wildman–Crippen MR) is 52.8 cm³/mol. The summed E-state index contributed by atoms with van der Waals surface area (Å²) in [5.41, 5.74) is 0.864. The topological polar surface area (TPSA) is 12.0 Å². The van der Waals surface area contributed by atoms with Gasteiger partial charge in [-0.25, -0.2) is 0 Å². The highest BCUT2D eigenvalue weighted by Crippen LogP contribution is 2.62. The van der Waals surface area contributed by atoms with Gasteiger partial charge < -0.3 is 5.32 Å². The third-order valence-corrected chi connectivity index (χ3v) is 3.64. The highest BCUT2D eigenvalue weighted by Gasteiger charge is 2.64. The van der Waals surface area contributed by atoms with Crippen molar-refractivity contribution in [3.8, 4) is 12.3 Å². The van der Waals surface area contributed by atoms with E-state index in [1.165, 1.54) is 0 Å². The summed E-state index contributed by atoms with van der Waals surface area (Å²) in [7, 11) is 0. The predicted octanol–water partition coefficient (Wildman–Crippen LogP) is 2.03. The largest absolute Gasteiger partial charge is 0.312 e. The van der Waals surface area contributed by atoms with Crippen molar-refractivity contribution in [2.24, 2.45) is 10.8 Å². The van der Waals surface area contributed by atoms with Crippen molar-refractivity contribution < 1.29 is 0 Å². The smallest absolute Gasteiger partial charge is 0.0212 e. The molecule has 1 nitrogen and oxygen atoms in total. The van der Waals surface area contributed by atoms with Crippen LogP contribution in [0.2, 0.25) is 0 Å². The fourth-order valence-electron chi connectivity index (χ4n) is 2.00. The second-order valence-electron chi connectivity index (χ2n) is 4.78. The molecule has 0 atom stereocenters. The SMILES string of the molecule is C#CCCNC1C(C)(C)C1(C)C. The molecule has 1 saturated carbocycles. The van der Waals surface area contributed by atoms with Gasteiger partial charge in [-0.2, -0.15) is 0 Å². The molecule has 1 N–H and O–H groups in total. The number of terminal acetylenes is 1. The molecule has 0 unspecified atom stereocenters. The molecule has 12 heavy (non-hydrogen) atoms. The summed E-state index contributed by atoms with van der Waals surface area (Å²) in [6.07, 6.45) is 6.02. The summed E-state index contributed by atoms with van der Waals surface area (Å²) in [5, 5.41) is 3.50. The Balaban J connectivity index is 2.35. The molecule has 0 amide bonds. The molecule has 0 radical (unpaired) electrons. The van der Waals surface area contributed by atoms with Gasteiger partial charge in [-0.3, -0.25) is 0 Å². The lowest BCUT2D eigenvalue weighted by Crippen LogP contribution is -2.23. The maximum Gasteiger partial charge on any atom is 0.0212 e. The van der Waals surface area contributed by atoms with Crippen LogP contribution in [0.15, 0.2) is 0 Å². The van der Waals surface area contributed by atoms with E-state index in [9.17, 15) is 0 Å². The van der Waals surface area contributed by atoms with Crippen LogP contribution in [0.1, 0.15) is 34.1 Å². The molecule has 0 aromatic rings. The van der Waals surface area contributed by atoms with Gasteiger partial charge >= 0.3 is 0 Å². The van der Waals surface area contributed by atoms with Gasteiger partial charge in [0.15, 0.2) is 0 Å². The van der Waals surface area contributed by atoms with Crippen molar-refractivity contribution in [1.29, 1.82) is 0 Å². The minimum absolute atomic E-state index is 0.432. The summed E-state index contributed by atoms with van der Waals surface area (Å²) in [4.78, 5) is 0. The van der Waals surface area contributed by atoms with E-state index in [1.54, 1.807) is 0 Å². The second-order valence-corrected chi connectivity index (χ2v) is 4.78. The fourth-order valence-corrected chi connectivity index (χ4v) is 2.00. The fraction of sp³-hybridized carbons (Fsp3) is 0.818. The minimum atomic E-state index is 0.432. The van der Waals surface area contributed by atoms with Gasteiger partial charge in [-0.15, -0.1) is 12.3 Å². The van der Waals surface area contributed by atoms with Gasteiger partial charge in [0.25, 0.3) is 0 Å². The van der Waals surface area contributed by atoms with Crippen LogP contribution in [0.25, 0.3) is 0 Å². The molecule has 1 aliphatic carbocycles. The zero-order valence-electron chi connectivity index (χ0n) is 8.57. The molecule has 0 heterocycles. The zero-order chi connectivity index (χ0) is 9.41. The van der Waals surface area contributed by atoms with E-state index in [1.807, 2.05) is 0 Å². The third-order valence-electron chi connectivity index (χ3n) is 3.64. The van der Waals surface area contributed by atoms with Gasteiger partial charge in [-0.1, -0.05) is 27.7 Å². The molecule has 0 spiro atoms. The maximum absolute atomic E-state index is 5.18. The Morgan fingerprint density at radius 3 is 2.08 bits per heavy atom. The Morgan fingerprint density at radius 1 is 1.25 bits per heavy atom. The van der Waals surface area contributed by atoms with Gasteiger partial charge in [0.05, 0.1) is 0 Å². The Hall–Kier alpha value is -0.480. The molecular formula is C11H19N. The Labute approximate surface area is 75.9 Å². The number of nitrogens with one attached hydrogen (secondary N) is 1. The highest BCUT2D eigenvalue weighted by molar-refractivity contribution is 5.17. The van der Waals surface area contributed by atoms with Crippen molar-refractivity contribution in [1.82, 2.24) is 5.32 Å². The lowest BCUT2D eigenvalue weighted by atomic mass is 10.0. The van der Waals surface area contributed by atoms with Crippen LogP contribution >= 0.6 is 0 Å². The Morgan fingerprint density at radius 2 is 1.75 bits per heavy atom. The van der Waals surface area contributed by atoms with Gasteiger partial charge in [0.1, 0.15) is 0 Å². The molecular weight excluding hydrogens is 146 g/mol. The highest BCUT2D eigenvalue weighted by atomic mass is 15.0. The lowest BCUT2D eigenvalue weighted by molar-refractivity contribution is 0.457. The van der Waals surface area contributed by atoms with Gasteiger partial charge in [0.2, 0.25) is 0 Å². The quantitative estimate of drug-likeness (QED) is 0.498. The first-order valence-corrected chi connectivity index (χ1v) is 4.61. The van der Waals surface area contributed by atoms with E-state index in [-0.39, 0.29) is 0 Å². The molecule has 1 aliphatic rings. The average molecular weight is 165 g/mol. The van der Waals surface area contributed by atoms with E-state index < -0.39 is 0 Å². The maximum atomic E-state index is 5.18. The Kier molecular flexibility index (Phi) is 2.23. The first-order valence-electron chi connectivity index (χ1n) is 4.61. The van der Waals surface area contributed by atoms with E-state index in [0.29, 0.717) is 16.9 Å². The molecule has 1 rings (SSSR count). The van der Waals surface area contributed by atoms with Crippen LogP contribution in [0, 0.1) is 23.2 Å². The zero-order valence-corrected chi connectivity index (χ0v) is 8.57. The van der Waals surface area contributed by atoms with Crippen LogP contribution in [-0.4, -0.2) is 12.6 Å². The molecule has 0 aliphatic heterocycles. The number of hydrogen-bond acceptors (Lipinski definition) is 1. The normalized spacial score (nSPS) is 24.9. The average Bonchev–Trinajstić information content (AvgIpc) is 2.32. The first-order chi connectivity index (χ1) is 5.44. The van der Waals surface area contributed by atoms with Crippen LogP contribution in [0.5, 0.6) is 0 Å². The monoisotopic (exact) mass is 165 g/mol. The van der Waals surface area contributed by atoms with E-state index in [0.717, 1.165) is 13.0 Å². The Bertz CT molecular complexity index is 194. The van der Waals surface area contributed by atoms with E-state index >= 15 is 0 Å². The second kappa shape index (κ2) is 2.78. The molecule has 1 heteroatoms. The number of hydrogen-bond donors (Lipinski definition) is 1. The van der Waals surface area contributed by atoms with Crippen LogP contribution in [0.4, 0.5) is 0 Å². The van der Waals surface area contributed by atoms with Gasteiger partial charge in [0, 0.05) is 19.0 Å². The van der Waals surface area contributed by atoms with Crippen molar-refractivity contribution in [2.45, 2.75) is 40.2 Å². The van der Waals surface area contributed by atoms with Crippen LogP contribution < -0.4 is 5.32 Å². The molecule has 0 saturated heterocycles. The summed E-state index contributed by atoms with van der Waals surface area (Å²) in [6.45, 7) is 10.2. The summed E-state index contributed by atoms with van der Waals surface area (Å²) in [5.74, 6) is 2.64. The summed E-state index contributed by atoms with van der Waals surface area (Å²) < 4.78 is 0. The molecule has 68 valence electrons. The van der Waals surface area contributed by atoms with Crippen LogP contribution in [0.3, 0.4) is 0 Å². The molecule has 0 aromatic heterocycles. The first kappa shape index (κ1) is 9.61. The van der Waals surface area contributed by atoms with Crippen molar-refractivity contribution in [3.05, 3.63) is 0 Å². The van der Waals surface area contributed by atoms with Crippen LogP contribution in [-0.2, 0) is 0 Å². The standard InChI is InChI=1S/C11H19N/c1-6-7-8-12-9-10(2,3)11(9,4)5/h1,9,12H,7-8H2,2-5H3. The van der Waals surface area contributed by atoms with E-state index in [4.69, 9.17) is 6.42 Å². The lowest BCUT2D eigenvalue weighted by Gasteiger charge is -2.03. The van der Waals surface area contributed by atoms with Crippen molar-refractivity contribution in [2.75, 3.05) is 6.54 Å². The summed E-state index contributed by atoms with van der Waals surface area (Å²) in [6, 6.07) is 0.637. The molecule has 0 bridgehead atoms. The minimum Gasteiger partial charge on any atom is -0.312 e. The molecule has 1 fully saturated rings. The van der Waals surface area contributed by atoms with Crippen molar-refractivity contribution >= 4 is 0 Å². The van der Waals surface area contributed by atoms with E-state index in [2.05, 4.69) is 38.9 Å². The molecule has 0 aromatic carbocycles. The third kappa shape index (κ3) is 1.25. The summed E-state index contributed by atoms with van der Waals surface area (Å²) >= 11 is 0. The number of rotatable bonds is 3. The van der Waals surface area contributed by atoms with Gasteiger partial charge in [-0.05, 0) is 10.8 Å². The van der Waals surface area contributed by atoms with Crippen molar-refractivity contribution in [3.63, 3.8) is 0 Å².